The molecule has 4 aliphatic carbocycles. The Balaban J connectivity index is 0.889. The lowest BCUT2D eigenvalue weighted by atomic mass is 9.43. The number of unbranched alkanes of at least 4 members (excludes halogenated alkanes) is 3. The van der Waals surface area contributed by atoms with E-state index >= 15 is 0 Å². The van der Waals surface area contributed by atoms with Crippen LogP contribution in [0.2, 0.25) is 0 Å². The highest BCUT2D eigenvalue weighted by atomic mass is 32.2. The predicted octanol–water partition coefficient (Wildman–Crippen LogP) is 6.03. The first-order valence-corrected chi connectivity index (χ1v) is 20.4. The Morgan fingerprint density at radius 3 is 2.46 bits per heavy atom. The summed E-state index contributed by atoms with van der Waals surface area (Å²) in [6, 6.07) is 7.57. The maximum Gasteiger partial charge on any atom is 0.414 e. The summed E-state index contributed by atoms with van der Waals surface area (Å²) in [5, 5.41) is 36.7. The third-order valence-electron chi connectivity index (χ3n) is 13.6. The first-order chi connectivity index (χ1) is 23.9. The van der Waals surface area contributed by atoms with Crippen LogP contribution in [-0.2, 0) is 19.4 Å². The van der Waals surface area contributed by atoms with Gasteiger partial charge in [0.25, 0.3) is 9.84 Å². The van der Waals surface area contributed by atoms with E-state index in [-0.39, 0.29) is 51.3 Å². The van der Waals surface area contributed by atoms with Crippen LogP contribution >= 0.6 is 0 Å². The van der Waals surface area contributed by atoms with Crippen LogP contribution in [0.25, 0.3) is 0 Å². The van der Waals surface area contributed by atoms with Crippen molar-refractivity contribution >= 4 is 15.8 Å². The van der Waals surface area contributed by atoms with Gasteiger partial charge in [-0.25, -0.2) is 8.42 Å². The minimum Gasteiger partial charge on any atom is -0.466 e. The summed E-state index contributed by atoms with van der Waals surface area (Å²) in [7, 11) is -4.15. The van der Waals surface area contributed by atoms with Crippen molar-refractivity contribution in [3.63, 3.8) is 0 Å². The highest BCUT2D eigenvalue weighted by Crippen LogP contribution is 2.68. The van der Waals surface area contributed by atoms with Gasteiger partial charge in [0.05, 0.1) is 35.5 Å². The molecule has 0 saturated heterocycles. The van der Waals surface area contributed by atoms with Crippen LogP contribution in [0.3, 0.4) is 0 Å². The Labute approximate surface area is 296 Å². The van der Waals surface area contributed by atoms with Crippen molar-refractivity contribution in [2.45, 2.75) is 133 Å². The molecular formula is C38H56N2O9S. The zero-order valence-electron chi connectivity index (χ0n) is 29.9. The second-order valence-electron chi connectivity index (χ2n) is 16.3. The van der Waals surface area contributed by atoms with E-state index in [0.717, 1.165) is 64.2 Å². The van der Waals surface area contributed by atoms with Crippen LogP contribution in [0.4, 0.5) is 0 Å². The molecule has 1 heterocycles. The zero-order chi connectivity index (χ0) is 35.7. The molecule has 278 valence electrons. The maximum absolute atomic E-state index is 12.9. The van der Waals surface area contributed by atoms with E-state index in [0.29, 0.717) is 61.4 Å². The van der Waals surface area contributed by atoms with Gasteiger partial charge in [0, 0.05) is 6.42 Å². The van der Waals surface area contributed by atoms with Gasteiger partial charge in [-0.15, -0.1) is 0 Å². The standard InChI is InChI=1S/C38H56N2O9S/c1-25(29-14-15-30-34-31(18-20-38(29,30)3)37(2)19-17-27(41)23-26(37)24-32(34)42)13-16-33(43)47-21-9-4-5-10-22-48-35-36(40(44)49-39-35)50(45,46)28-11-7-6-8-12-28/h6-8,11-12,25-27,29-32,34,41-42H,4-5,9-10,13-24H2,1-3H3/t25-,26+,27-,29-,30+,31+,32+,34?,37+,38-/m1/s1. The van der Waals surface area contributed by atoms with E-state index in [1.165, 1.54) is 18.6 Å². The smallest absolute Gasteiger partial charge is 0.414 e. The van der Waals surface area contributed by atoms with Crippen molar-refractivity contribution in [2.24, 2.45) is 46.3 Å². The second kappa shape index (κ2) is 15.1. The number of benzene rings is 1. The molecular weight excluding hydrogens is 660 g/mol. The molecule has 0 radical (unpaired) electrons. The number of ether oxygens (including phenoxy) is 2. The lowest BCUT2D eigenvalue weighted by Crippen LogP contribution is -2.58. The first kappa shape index (κ1) is 37.1. The quantitative estimate of drug-likeness (QED) is 0.134. The maximum atomic E-state index is 12.9. The van der Waals surface area contributed by atoms with E-state index < -0.39 is 14.9 Å². The molecule has 0 spiro atoms. The predicted molar refractivity (Wildman–Crippen MR) is 183 cm³/mol. The molecule has 0 bridgehead atoms. The van der Waals surface area contributed by atoms with Crippen molar-refractivity contribution in [3.05, 3.63) is 35.5 Å². The van der Waals surface area contributed by atoms with Gasteiger partial charge in [-0.3, -0.25) is 9.42 Å². The molecule has 10 atom stereocenters. The summed E-state index contributed by atoms with van der Waals surface area (Å²) in [4.78, 5) is 12.5. The normalized spacial score (nSPS) is 34.3. The molecule has 2 aromatic rings. The third kappa shape index (κ3) is 7.18. The minimum atomic E-state index is -4.15. The van der Waals surface area contributed by atoms with E-state index in [4.69, 9.17) is 9.47 Å². The fraction of sp³-hybridized carbons (Fsp3) is 0.763. The largest absolute Gasteiger partial charge is 0.466 e. The highest BCUT2D eigenvalue weighted by Gasteiger charge is 2.62. The fourth-order valence-corrected chi connectivity index (χ4v) is 12.2. The number of aliphatic hydroxyl groups is 2. The molecule has 4 aliphatic rings. The van der Waals surface area contributed by atoms with Crippen LogP contribution < -0.4 is 9.64 Å². The van der Waals surface area contributed by atoms with E-state index in [1.807, 2.05) is 0 Å². The summed E-state index contributed by atoms with van der Waals surface area (Å²) < 4.78 is 41.3. The lowest BCUT2D eigenvalue weighted by Gasteiger charge is -2.62. The van der Waals surface area contributed by atoms with Gasteiger partial charge in [0.15, 0.2) is 0 Å². The van der Waals surface area contributed by atoms with E-state index in [9.17, 15) is 28.6 Å². The van der Waals surface area contributed by atoms with Crippen molar-refractivity contribution in [1.29, 1.82) is 0 Å². The van der Waals surface area contributed by atoms with Crippen LogP contribution in [0, 0.1) is 51.5 Å². The highest BCUT2D eigenvalue weighted by molar-refractivity contribution is 7.91. The number of rotatable bonds is 14. The van der Waals surface area contributed by atoms with Crippen LogP contribution in [0.1, 0.15) is 111 Å². The number of aromatic nitrogens is 2. The second-order valence-corrected chi connectivity index (χ2v) is 18.2. The number of esters is 1. The average Bonchev–Trinajstić information content (AvgIpc) is 3.65. The Morgan fingerprint density at radius 2 is 1.70 bits per heavy atom. The number of fused-ring (bicyclic) bond motifs is 5. The Morgan fingerprint density at radius 1 is 1.00 bits per heavy atom. The molecule has 0 amide bonds. The summed E-state index contributed by atoms with van der Waals surface area (Å²) in [6.45, 7) is 7.73. The number of carbonyl (C=O) groups is 1. The van der Waals surface area contributed by atoms with Crippen molar-refractivity contribution < 1.29 is 42.4 Å². The Kier molecular flexibility index (Phi) is 11.2. The number of hydrogen-bond acceptors (Lipinski definition) is 10. The van der Waals surface area contributed by atoms with Gasteiger partial charge >= 0.3 is 16.9 Å². The lowest BCUT2D eigenvalue weighted by molar-refractivity contribution is -0.832. The van der Waals surface area contributed by atoms with Gasteiger partial charge < -0.3 is 24.9 Å². The molecule has 12 heteroatoms. The topological polar surface area (TPSA) is 163 Å². The molecule has 4 fully saturated rings. The van der Waals surface area contributed by atoms with Gasteiger partial charge in [0.2, 0.25) is 0 Å². The monoisotopic (exact) mass is 716 g/mol. The van der Waals surface area contributed by atoms with Gasteiger partial charge in [-0.05, 0) is 147 Å². The van der Waals surface area contributed by atoms with Crippen molar-refractivity contribution in [3.8, 4) is 5.88 Å². The third-order valence-corrected chi connectivity index (χ3v) is 15.3. The molecule has 0 aliphatic heterocycles. The van der Waals surface area contributed by atoms with Gasteiger partial charge in [-0.2, -0.15) is 0 Å². The molecule has 1 unspecified atom stereocenters. The van der Waals surface area contributed by atoms with E-state index in [2.05, 4.69) is 30.6 Å². The van der Waals surface area contributed by atoms with Crippen LogP contribution in [0.15, 0.2) is 44.9 Å². The number of aliphatic hydroxyl groups excluding tert-OH is 2. The number of sulfone groups is 1. The first-order valence-electron chi connectivity index (χ1n) is 18.9. The summed E-state index contributed by atoms with van der Waals surface area (Å²) in [5.74, 6) is 2.26. The van der Waals surface area contributed by atoms with Crippen LogP contribution in [0.5, 0.6) is 5.88 Å². The Hall–Kier alpha value is -2.70. The van der Waals surface area contributed by atoms with Crippen LogP contribution in [-0.4, -0.2) is 55.2 Å². The van der Waals surface area contributed by atoms with Gasteiger partial charge in [-0.1, -0.05) is 39.0 Å². The summed E-state index contributed by atoms with van der Waals surface area (Å²) in [6.07, 6.45) is 11.9. The molecule has 11 nitrogen and oxygen atoms in total. The minimum absolute atomic E-state index is 0.0553. The molecule has 4 saturated carbocycles. The summed E-state index contributed by atoms with van der Waals surface area (Å²) >= 11 is 0. The Bertz CT molecular complexity index is 1570. The molecule has 50 heavy (non-hydrogen) atoms. The van der Waals surface area contributed by atoms with E-state index in [1.54, 1.807) is 18.2 Å². The number of nitrogens with zero attached hydrogens (tertiary/aromatic N) is 2. The number of hydrogen-bond donors (Lipinski definition) is 2. The summed E-state index contributed by atoms with van der Waals surface area (Å²) in [5.41, 5.74) is 0.414. The van der Waals surface area contributed by atoms with Gasteiger partial charge in [0.1, 0.15) is 0 Å². The van der Waals surface area contributed by atoms with Crippen molar-refractivity contribution in [1.82, 2.24) is 5.16 Å². The molecule has 1 aromatic heterocycles. The fourth-order valence-electron chi connectivity index (χ4n) is 10.9. The molecule has 6 rings (SSSR count). The number of carbonyl (C=O) groups excluding carboxylic acids is 1. The molecule has 1 aromatic carbocycles. The average molecular weight is 717 g/mol. The molecule has 2 N–H and O–H groups in total. The SMILES string of the molecule is C[C@H](CCC(=O)OCCCCCCOc1no[n+]([O-])c1S(=O)(=O)c1ccccc1)[C@H]1CC[C@H]2C3[C@@H](O)C[C@@H]4C[C@H](O)CC[C@]4(C)[C@H]3CC[C@]12C. The van der Waals surface area contributed by atoms with Crippen molar-refractivity contribution in [2.75, 3.05) is 13.2 Å². The zero-order valence-corrected chi connectivity index (χ0v) is 30.7.